The highest BCUT2D eigenvalue weighted by atomic mass is 16.5. The molecule has 1 N–H and O–H groups in total. The molecule has 0 unspecified atom stereocenters. The number of benzene rings is 1. The van der Waals surface area contributed by atoms with E-state index in [0.717, 1.165) is 0 Å². The third-order valence-electron chi connectivity index (χ3n) is 2.98. The van der Waals surface area contributed by atoms with Crippen molar-refractivity contribution in [1.29, 1.82) is 0 Å². The normalized spacial score (nSPS) is 10.7. The van der Waals surface area contributed by atoms with Gasteiger partial charge in [-0.15, -0.1) is 5.10 Å². The molecule has 0 amide bonds. The summed E-state index contributed by atoms with van der Waals surface area (Å²) in [7, 11) is 1.33. The molecular weight excluding hydrogens is 258 g/mol. The average molecular weight is 269 g/mol. The molecule has 6 nitrogen and oxygen atoms in total. The Bertz CT molecular complexity index is 831. The number of ether oxygens (including phenoxy) is 1. The number of rotatable bonds is 2. The molecule has 2 aromatic heterocycles. The molecule has 3 rings (SSSR count). The van der Waals surface area contributed by atoms with E-state index in [9.17, 15) is 9.59 Å². The second-order valence-electron chi connectivity index (χ2n) is 4.21. The Morgan fingerprint density at radius 2 is 2.00 bits per heavy atom. The number of H-pyrrole nitrogens is 1. The van der Waals surface area contributed by atoms with E-state index >= 15 is 0 Å². The highest BCUT2D eigenvalue weighted by Crippen LogP contribution is 2.15. The van der Waals surface area contributed by atoms with Crippen LogP contribution in [-0.2, 0) is 4.74 Å². The lowest BCUT2D eigenvalue weighted by Crippen LogP contribution is -2.13. The fourth-order valence-electron chi connectivity index (χ4n) is 1.96. The summed E-state index contributed by atoms with van der Waals surface area (Å²) >= 11 is 0. The number of fused-ring (bicyclic) bond motifs is 1. The first-order valence-corrected chi connectivity index (χ1v) is 5.95. The van der Waals surface area contributed by atoms with Crippen LogP contribution in [0.2, 0.25) is 0 Å². The summed E-state index contributed by atoms with van der Waals surface area (Å²) in [5, 5.41) is 4.31. The van der Waals surface area contributed by atoms with Crippen LogP contribution in [0.25, 0.3) is 16.9 Å². The minimum Gasteiger partial charge on any atom is -0.465 e. The first kappa shape index (κ1) is 12.2. The molecule has 2 heterocycles. The highest BCUT2D eigenvalue weighted by molar-refractivity contribution is 5.89. The van der Waals surface area contributed by atoms with E-state index in [4.69, 9.17) is 0 Å². The molecule has 0 bridgehead atoms. The Morgan fingerprint density at radius 1 is 1.25 bits per heavy atom. The molecule has 0 saturated heterocycles. The number of nitrogens with one attached hydrogen (secondary N) is 1. The quantitative estimate of drug-likeness (QED) is 0.715. The van der Waals surface area contributed by atoms with Gasteiger partial charge < -0.3 is 9.72 Å². The fraction of sp³-hybridized carbons (Fsp3) is 0.0714. The van der Waals surface area contributed by atoms with E-state index < -0.39 is 5.97 Å². The average Bonchev–Trinajstić information content (AvgIpc) is 2.95. The molecule has 0 radical (unpaired) electrons. The van der Waals surface area contributed by atoms with Crippen LogP contribution >= 0.6 is 0 Å². The van der Waals surface area contributed by atoms with Crippen LogP contribution in [0.3, 0.4) is 0 Å². The van der Waals surface area contributed by atoms with Gasteiger partial charge in [-0.1, -0.05) is 12.1 Å². The van der Waals surface area contributed by atoms with Crippen LogP contribution in [0.4, 0.5) is 0 Å². The Kier molecular flexibility index (Phi) is 2.83. The molecule has 1 aromatic carbocycles. The summed E-state index contributed by atoms with van der Waals surface area (Å²) in [6.07, 6.45) is 1.71. The zero-order valence-electron chi connectivity index (χ0n) is 10.7. The Labute approximate surface area is 113 Å². The zero-order valence-corrected chi connectivity index (χ0v) is 10.7. The molecule has 0 spiro atoms. The maximum Gasteiger partial charge on any atom is 0.337 e. The van der Waals surface area contributed by atoms with Crippen molar-refractivity contribution < 1.29 is 9.53 Å². The number of hydrogen-bond acceptors (Lipinski definition) is 4. The summed E-state index contributed by atoms with van der Waals surface area (Å²) in [4.78, 5) is 25.9. The van der Waals surface area contributed by atoms with Crippen LogP contribution in [0, 0.1) is 0 Å². The van der Waals surface area contributed by atoms with Gasteiger partial charge in [-0.05, 0) is 24.3 Å². The summed E-state index contributed by atoms with van der Waals surface area (Å²) < 4.78 is 6.15. The largest absolute Gasteiger partial charge is 0.465 e. The first-order chi connectivity index (χ1) is 9.69. The van der Waals surface area contributed by atoms with E-state index in [0.29, 0.717) is 22.5 Å². The molecule has 3 aromatic rings. The number of aromatic nitrogens is 3. The van der Waals surface area contributed by atoms with Crippen LogP contribution < -0.4 is 5.56 Å². The SMILES string of the molecule is COC(=O)c1ccc(-c2nn3cccc3c(=O)[nH]2)cc1. The van der Waals surface area contributed by atoms with Crippen LogP contribution in [-0.4, -0.2) is 27.7 Å². The molecule has 20 heavy (non-hydrogen) atoms. The van der Waals surface area contributed by atoms with Crippen molar-refractivity contribution in [2.45, 2.75) is 0 Å². The van der Waals surface area contributed by atoms with E-state index in [1.165, 1.54) is 11.6 Å². The molecule has 0 aliphatic rings. The molecular formula is C14H11N3O3. The fourth-order valence-corrected chi connectivity index (χ4v) is 1.96. The summed E-state index contributed by atoms with van der Waals surface area (Å²) in [6, 6.07) is 10.1. The predicted molar refractivity (Wildman–Crippen MR) is 72.6 cm³/mol. The Hall–Kier alpha value is -2.89. The summed E-state index contributed by atoms with van der Waals surface area (Å²) in [5.74, 6) is 0.0361. The number of carbonyl (C=O) groups is 1. The van der Waals surface area contributed by atoms with Crippen LogP contribution in [0.15, 0.2) is 47.4 Å². The second kappa shape index (κ2) is 4.65. The third-order valence-corrected chi connectivity index (χ3v) is 2.98. The van der Waals surface area contributed by atoms with Crippen molar-refractivity contribution in [3.05, 3.63) is 58.5 Å². The van der Waals surface area contributed by atoms with Crippen LogP contribution in [0.1, 0.15) is 10.4 Å². The van der Waals surface area contributed by atoms with Crippen molar-refractivity contribution in [2.24, 2.45) is 0 Å². The van der Waals surface area contributed by atoms with Gasteiger partial charge >= 0.3 is 5.97 Å². The monoisotopic (exact) mass is 269 g/mol. The standard InChI is InChI=1S/C14H11N3O3/c1-20-14(19)10-6-4-9(5-7-10)12-15-13(18)11-3-2-8-17(11)16-12/h2-8H,1H3,(H,15,16,18). The minimum atomic E-state index is -0.404. The van der Waals surface area contributed by atoms with E-state index in [1.54, 1.807) is 42.6 Å². The predicted octanol–water partition coefficient (Wildman–Crippen LogP) is 1.48. The van der Waals surface area contributed by atoms with Crippen LogP contribution in [0.5, 0.6) is 0 Å². The highest BCUT2D eigenvalue weighted by Gasteiger charge is 2.08. The summed E-state index contributed by atoms with van der Waals surface area (Å²) in [5.41, 5.74) is 1.43. The number of hydrogen-bond donors (Lipinski definition) is 1. The Balaban J connectivity index is 2.06. The Morgan fingerprint density at radius 3 is 2.70 bits per heavy atom. The van der Waals surface area contributed by atoms with E-state index in [1.807, 2.05) is 0 Å². The smallest absolute Gasteiger partial charge is 0.337 e. The minimum absolute atomic E-state index is 0.211. The zero-order chi connectivity index (χ0) is 14.1. The molecule has 0 aliphatic carbocycles. The van der Waals surface area contributed by atoms with Gasteiger partial charge in [0.2, 0.25) is 0 Å². The van der Waals surface area contributed by atoms with Gasteiger partial charge in [-0.3, -0.25) is 4.79 Å². The third kappa shape index (κ3) is 1.97. The van der Waals surface area contributed by atoms with Gasteiger partial charge in [0.05, 0.1) is 12.7 Å². The van der Waals surface area contributed by atoms with Gasteiger partial charge in [-0.2, -0.15) is 0 Å². The maximum absolute atomic E-state index is 11.9. The molecule has 100 valence electrons. The lowest BCUT2D eigenvalue weighted by atomic mass is 10.1. The molecule has 0 atom stereocenters. The van der Waals surface area contributed by atoms with Crippen molar-refractivity contribution in [3.63, 3.8) is 0 Å². The number of aromatic amines is 1. The molecule has 0 saturated carbocycles. The van der Waals surface area contributed by atoms with Crippen molar-refractivity contribution >= 4 is 11.5 Å². The molecule has 6 heteroatoms. The number of methoxy groups -OCH3 is 1. The number of carbonyl (C=O) groups excluding carboxylic acids is 1. The van der Waals surface area contributed by atoms with Gasteiger partial charge in [0.15, 0.2) is 5.82 Å². The molecule has 0 aliphatic heterocycles. The maximum atomic E-state index is 11.9. The summed E-state index contributed by atoms with van der Waals surface area (Å²) in [6.45, 7) is 0. The first-order valence-electron chi connectivity index (χ1n) is 5.95. The number of nitrogens with zero attached hydrogens (tertiary/aromatic N) is 2. The van der Waals surface area contributed by atoms with E-state index in [-0.39, 0.29) is 5.56 Å². The van der Waals surface area contributed by atoms with Crippen molar-refractivity contribution in [3.8, 4) is 11.4 Å². The topological polar surface area (TPSA) is 76.5 Å². The lowest BCUT2D eigenvalue weighted by molar-refractivity contribution is 0.0601. The van der Waals surface area contributed by atoms with E-state index in [2.05, 4.69) is 14.8 Å². The molecule has 0 fully saturated rings. The number of esters is 1. The lowest BCUT2D eigenvalue weighted by Gasteiger charge is -2.03. The van der Waals surface area contributed by atoms with Gasteiger partial charge in [-0.25, -0.2) is 9.31 Å². The van der Waals surface area contributed by atoms with Crippen molar-refractivity contribution in [1.82, 2.24) is 14.6 Å². The second-order valence-corrected chi connectivity index (χ2v) is 4.21. The van der Waals surface area contributed by atoms with Gasteiger partial charge in [0, 0.05) is 11.8 Å². The van der Waals surface area contributed by atoms with Gasteiger partial charge in [0.25, 0.3) is 5.56 Å². The van der Waals surface area contributed by atoms with Crippen molar-refractivity contribution in [2.75, 3.05) is 7.11 Å². The van der Waals surface area contributed by atoms with Gasteiger partial charge in [0.1, 0.15) is 5.52 Å².